The molecule has 0 spiro atoms. The molecule has 3 heterocycles. The third-order valence-electron chi connectivity index (χ3n) is 6.05. The molecule has 28 heavy (non-hydrogen) atoms. The zero-order valence-corrected chi connectivity index (χ0v) is 18.5. The predicted octanol–water partition coefficient (Wildman–Crippen LogP) is 5.87. The zero-order chi connectivity index (χ0) is 19.5. The summed E-state index contributed by atoms with van der Waals surface area (Å²) < 4.78 is 0. The van der Waals surface area contributed by atoms with Crippen LogP contribution in [0.2, 0.25) is 0 Å². The molecule has 2 nitrogen and oxygen atoms in total. The Labute approximate surface area is 175 Å². The molecule has 3 aliphatic rings. The van der Waals surface area contributed by atoms with Gasteiger partial charge in [-0.3, -0.25) is 0 Å². The lowest BCUT2D eigenvalue weighted by Crippen LogP contribution is -2.27. The molecule has 0 saturated carbocycles. The van der Waals surface area contributed by atoms with E-state index < -0.39 is 0 Å². The maximum Gasteiger partial charge on any atom is 0.0101 e. The Bertz CT molecular complexity index is 416. The Hall–Kier alpha value is -0.960. The van der Waals surface area contributed by atoms with Gasteiger partial charge in [0.1, 0.15) is 0 Å². The first-order valence-corrected chi connectivity index (χ1v) is 12.3. The average molecular weight is 385 g/mol. The Morgan fingerprint density at radius 3 is 0.857 bits per heavy atom. The van der Waals surface area contributed by atoms with Crippen molar-refractivity contribution in [3.8, 4) is 23.7 Å². The van der Waals surface area contributed by atoms with E-state index >= 15 is 0 Å². The highest BCUT2D eigenvalue weighted by Gasteiger charge is 2.06. The van der Waals surface area contributed by atoms with E-state index in [1.54, 1.807) is 0 Å². The maximum atomic E-state index is 3.44. The molecule has 2 bridgehead atoms. The van der Waals surface area contributed by atoms with Crippen LogP contribution in [0.1, 0.15) is 103 Å². The third kappa shape index (κ3) is 12.5. The Morgan fingerprint density at radius 2 is 0.536 bits per heavy atom. The molecule has 158 valence electrons. The lowest BCUT2D eigenvalue weighted by Gasteiger charge is -2.22. The number of fused-ring (bicyclic) bond motifs is 21. The summed E-state index contributed by atoms with van der Waals surface area (Å²) in [6.45, 7) is 7.42. The Balaban J connectivity index is 1.95. The molecule has 2 heteroatoms. The average Bonchev–Trinajstić information content (AvgIpc) is 2.70. The lowest BCUT2D eigenvalue weighted by atomic mass is 10.1. The smallest absolute Gasteiger partial charge is 0.0101 e. The van der Waals surface area contributed by atoms with Crippen molar-refractivity contribution >= 4 is 0 Å². The van der Waals surface area contributed by atoms with Gasteiger partial charge in [-0.05, 0) is 77.8 Å². The summed E-state index contributed by atoms with van der Waals surface area (Å²) in [4.78, 5) is 5.37. The minimum atomic E-state index is 1.07. The first-order valence-electron chi connectivity index (χ1n) is 12.3. The van der Waals surface area contributed by atoms with Gasteiger partial charge >= 0.3 is 0 Å². The van der Waals surface area contributed by atoms with Crippen LogP contribution in [0.15, 0.2) is 0 Å². The van der Waals surface area contributed by atoms with Gasteiger partial charge in [0.05, 0.1) is 0 Å². The van der Waals surface area contributed by atoms with Gasteiger partial charge in [-0.2, -0.15) is 0 Å². The third-order valence-corrected chi connectivity index (χ3v) is 6.05. The molecule has 0 aromatic carbocycles. The van der Waals surface area contributed by atoms with Crippen molar-refractivity contribution in [1.82, 2.24) is 9.80 Å². The molecule has 0 N–H and O–H groups in total. The highest BCUT2D eigenvalue weighted by Crippen LogP contribution is 2.11. The van der Waals surface area contributed by atoms with Gasteiger partial charge in [0, 0.05) is 25.7 Å². The first-order chi connectivity index (χ1) is 13.9. The summed E-state index contributed by atoms with van der Waals surface area (Å²) in [5, 5.41) is 0. The second-order valence-electron chi connectivity index (χ2n) is 8.63. The van der Waals surface area contributed by atoms with E-state index in [-0.39, 0.29) is 0 Å². The Kier molecular flexibility index (Phi) is 14.1. The minimum Gasteiger partial charge on any atom is -0.303 e. The van der Waals surface area contributed by atoms with E-state index in [9.17, 15) is 0 Å². The number of hydrogen-bond acceptors (Lipinski definition) is 2. The SMILES string of the molecule is C1#CCCCN2CCCC#CCCCN(CCC1)CCCCCCCCCC2. The van der Waals surface area contributed by atoms with Crippen molar-refractivity contribution in [2.45, 2.75) is 103 Å². The van der Waals surface area contributed by atoms with Crippen molar-refractivity contribution in [2.24, 2.45) is 0 Å². The van der Waals surface area contributed by atoms with Gasteiger partial charge in [0.25, 0.3) is 0 Å². The molecule has 0 amide bonds. The largest absolute Gasteiger partial charge is 0.303 e. The maximum absolute atomic E-state index is 3.44. The fourth-order valence-electron chi connectivity index (χ4n) is 4.32. The van der Waals surface area contributed by atoms with Crippen molar-refractivity contribution < 1.29 is 0 Å². The van der Waals surface area contributed by atoms with E-state index in [0.717, 1.165) is 25.7 Å². The molecule has 0 radical (unpaired) electrons. The van der Waals surface area contributed by atoms with E-state index in [1.165, 1.54) is 116 Å². The van der Waals surface area contributed by atoms with Crippen molar-refractivity contribution in [3.05, 3.63) is 0 Å². The van der Waals surface area contributed by atoms with Crippen LogP contribution in [0.25, 0.3) is 0 Å². The minimum absolute atomic E-state index is 1.07. The van der Waals surface area contributed by atoms with Crippen molar-refractivity contribution in [2.75, 3.05) is 39.3 Å². The monoisotopic (exact) mass is 384 g/mol. The summed E-state index contributed by atoms with van der Waals surface area (Å²) >= 11 is 0. The normalized spacial score (nSPS) is 27.7. The van der Waals surface area contributed by atoms with Gasteiger partial charge < -0.3 is 9.80 Å². The van der Waals surface area contributed by atoms with E-state index in [2.05, 4.69) is 33.5 Å². The van der Waals surface area contributed by atoms with Crippen LogP contribution in [0.3, 0.4) is 0 Å². The van der Waals surface area contributed by atoms with E-state index in [0.29, 0.717) is 0 Å². The fourth-order valence-corrected chi connectivity index (χ4v) is 4.32. The highest BCUT2D eigenvalue weighted by molar-refractivity contribution is 5.00. The van der Waals surface area contributed by atoms with Crippen LogP contribution in [0, 0.1) is 23.7 Å². The lowest BCUT2D eigenvalue weighted by molar-refractivity contribution is 0.260. The van der Waals surface area contributed by atoms with Crippen LogP contribution in [0.4, 0.5) is 0 Å². The molecule has 0 fully saturated rings. The number of hydrogen-bond donors (Lipinski definition) is 0. The molecule has 0 aliphatic carbocycles. The van der Waals surface area contributed by atoms with Gasteiger partial charge in [-0.1, -0.05) is 38.5 Å². The van der Waals surface area contributed by atoms with E-state index in [4.69, 9.17) is 0 Å². The summed E-state index contributed by atoms with van der Waals surface area (Å²) in [5.74, 6) is 13.7. The zero-order valence-electron chi connectivity index (χ0n) is 18.5. The van der Waals surface area contributed by atoms with Gasteiger partial charge in [-0.25, -0.2) is 0 Å². The molecule has 3 aliphatic heterocycles. The molecule has 0 atom stereocenters. The summed E-state index contributed by atoms with van der Waals surface area (Å²) in [5.41, 5.74) is 0. The first kappa shape index (κ1) is 23.3. The van der Waals surface area contributed by atoms with Crippen LogP contribution < -0.4 is 0 Å². The number of rotatable bonds is 0. The molecule has 0 saturated heterocycles. The Morgan fingerprint density at radius 1 is 0.286 bits per heavy atom. The second-order valence-corrected chi connectivity index (χ2v) is 8.63. The van der Waals surface area contributed by atoms with Gasteiger partial charge in [0.15, 0.2) is 0 Å². The van der Waals surface area contributed by atoms with Crippen molar-refractivity contribution in [3.63, 3.8) is 0 Å². The second kappa shape index (κ2) is 16.9. The highest BCUT2D eigenvalue weighted by atomic mass is 15.1. The van der Waals surface area contributed by atoms with Crippen LogP contribution in [-0.2, 0) is 0 Å². The van der Waals surface area contributed by atoms with Gasteiger partial charge in [0.2, 0.25) is 0 Å². The topological polar surface area (TPSA) is 6.48 Å². The predicted molar refractivity (Wildman–Crippen MR) is 122 cm³/mol. The fraction of sp³-hybridized carbons (Fsp3) is 0.846. The summed E-state index contributed by atoms with van der Waals surface area (Å²) in [6.07, 6.45) is 20.5. The summed E-state index contributed by atoms with van der Waals surface area (Å²) in [7, 11) is 0. The van der Waals surface area contributed by atoms with Crippen LogP contribution in [0.5, 0.6) is 0 Å². The van der Waals surface area contributed by atoms with Crippen LogP contribution in [-0.4, -0.2) is 49.1 Å². The molecule has 3 rings (SSSR count). The van der Waals surface area contributed by atoms with Crippen molar-refractivity contribution in [1.29, 1.82) is 0 Å². The standard InChI is InChI=1S/C26H44N2/c1-2-4-10-16-22-28-25-19-13-7-5-11-17-23-27(21-15-9-3-1)24-18-12-6-8-14-20-26-28/h1-4,9-26H2. The molecule has 0 aromatic rings. The molecule has 0 aromatic heterocycles. The molecule has 0 unspecified atom stereocenters. The summed E-state index contributed by atoms with van der Waals surface area (Å²) in [6, 6.07) is 0. The quantitative estimate of drug-likeness (QED) is 0.482. The van der Waals surface area contributed by atoms with E-state index in [1.807, 2.05) is 0 Å². The van der Waals surface area contributed by atoms with Crippen LogP contribution >= 0.6 is 0 Å². The number of nitrogens with zero attached hydrogens (tertiary/aromatic N) is 2. The van der Waals surface area contributed by atoms with Gasteiger partial charge in [-0.15, -0.1) is 23.7 Å². The molecular weight excluding hydrogens is 340 g/mol. The molecular formula is C26H44N2.